The highest BCUT2D eigenvalue weighted by Gasteiger charge is 2.23. The van der Waals surface area contributed by atoms with Crippen molar-refractivity contribution in [2.75, 3.05) is 0 Å². The molecule has 1 unspecified atom stereocenters. The zero-order chi connectivity index (χ0) is 12.2. The van der Waals surface area contributed by atoms with Crippen LogP contribution in [0, 0.1) is 11.3 Å². The number of rotatable bonds is 3. The Labute approximate surface area is 97.6 Å². The first-order valence-corrected chi connectivity index (χ1v) is 5.65. The summed E-state index contributed by atoms with van der Waals surface area (Å²) in [5.74, 6) is 0.769. The Morgan fingerprint density at radius 3 is 2.31 bits per heavy atom. The topological polar surface area (TPSA) is 26.3 Å². The summed E-state index contributed by atoms with van der Waals surface area (Å²) in [6.45, 7) is 8.47. The summed E-state index contributed by atoms with van der Waals surface area (Å²) in [4.78, 5) is 11.6. The maximum atomic E-state index is 11.6. The van der Waals surface area contributed by atoms with Gasteiger partial charge in [-0.05, 0) is 23.5 Å². The fourth-order valence-electron chi connectivity index (χ4n) is 1.22. The van der Waals surface area contributed by atoms with Crippen LogP contribution >= 0.6 is 0 Å². The molecule has 1 aromatic carbocycles. The summed E-state index contributed by atoms with van der Waals surface area (Å²) in [7, 11) is 0. The van der Waals surface area contributed by atoms with Crippen molar-refractivity contribution in [2.45, 2.75) is 34.1 Å². The monoisotopic (exact) mass is 220 g/mol. The third-order valence-electron chi connectivity index (χ3n) is 2.93. The molecule has 0 radical (unpaired) electrons. The van der Waals surface area contributed by atoms with Crippen molar-refractivity contribution < 1.29 is 9.53 Å². The molecule has 0 heterocycles. The van der Waals surface area contributed by atoms with Crippen LogP contribution in [-0.2, 0) is 4.79 Å². The molecule has 0 aliphatic heterocycles. The lowest BCUT2D eigenvalue weighted by Gasteiger charge is -2.26. The zero-order valence-electron chi connectivity index (χ0n) is 10.5. The molecule has 1 aromatic rings. The lowest BCUT2D eigenvalue weighted by atomic mass is 9.80. The number of hydrogen-bond donors (Lipinski definition) is 0. The number of para-hydroxylation sites is 1. The van der Waals surface area contributed by atoms with Crippen LogP contribution in [0.25, 0.3) is 0 Å². The van der Waals surface area contributed by atoms with Crippen LogP contribution in [-0.4, -0.2) is 5.97 Å². The normalized spacial score (nSPS) is 13.2. The molecule has 16 heavy (non-hydrogen) atoms. The van der Waals surface area contributed by atoms with Gasteiger partial charge in [-0.25, -0.2) is 0 Å². The van der Waals surface area contributed by atoms with Gasteiger partial charge >= 0.3 is 5.97 Å². The molecule has 0 spiro atoms. The average Bonchev–Trinajstić information content (AvgIpc) is 2.17. The summed E-state index contributed by atoms with van der Waals surface area (Å²) < 4.78 is 5.24. The Hall–Kier alpha value is -1.31. The first-order valence-electron chi connectivity index (χ1n) is 5.65. The van der Waals surface area contributed by atoms with Crippen LogP contribution in [0.2, 0.25) is 0 Å². The summed E-state index contributed by atoms with van der Waals surface area (Å²) in [6, 6.07) is 9.19. The van der Waals surface area contributed by atoms with E-state index < -0.39 is 0 Å². The van der Waals surface area contributed by atoms with E-state index in [9.17, 15) is 4.79 Å². The molecular formula is C14H20O2. The van der Waals surface area contributed by atoms with Gasteiger partial charge in [-0.15, -0.1) is 0 Å². The lowest BCUT2D eigenvalue weighted by Crippen LogP contribution is -2.22. The van der Waals surface area contributed by atoms with E-state index in [1.165, 1.54) is 0 Å². The summed E-state index contributed by atoms with van der Waals surface area (Å²) >= 11 is 0. The Bertz CT molecular complexity index is 336. The first-order chi connectivity index (χ1) is 7.39. The summed E-state index contributed by atoms with van der Waals surface area (Å²) in [5, 5.41) is 0. The molecule has 0 fully saturated rings. The predicted octanol–water partition coefficient (Wildman–Crippen LogP) is 3.66. The highest BCUT2D eigenvalue weighted by molar-refractivity contribution is 5.72. The fraction of sp³-hybridized carbons (Fsp3) is 0.500. The molecule has 88 valence electrons. The number of carbonyl (C=O) groups is 1. The molecule has 0 aliphatic carbocycles. The molecule has 0 N–H and O–H groups in total. The standard InChI is InChI=1S/C14H20O2/c1-11(14(2,3)4)10-13(15)16-12-8-6-5-7-9-12/h5-9,11H,10H2,1-4H3. The molecule has 0 amide bonds. The Morgan fingerprint density at radius 1 is 1.25 bits per heavy atom. The van der Waals surface area contributed by atoms with Crippen LogP contribution < -0.4 is 4.74 Å². The largest absolute Gasteiger partial charge is 0.427 e. The molecule has 0 bridgehead atoms. The molecule has 1 atom stereocenters. The second kappa shape index (κ2) is 5.15. The van der Waals surface area contributed by atoms with Crippen molar-refractivity contribution in [3.05, 3.63) is 30.3 Å². The molecule has 1 rings (SSSR count). The Morgan fingerprint density at radius 2 is 1.81 bits per heavy atom. The van der Waals surface area contributed by atoms with Crippen LogP contribution in [0.15, 0.2) is 30.3 Å². The van der Waals surface area contributed by atoms with Crippen LogP contribution in [0.3, 0.4) is 0 Å². The predicted molar refractivity (Wildman–Crippen MR) is 65.3 cm³/mol. The van der Waals surface area contributed by atoms with Gasteiger partial charge in [0.2, 0.25) is 0 Å². The second-order valence-electron chi connectivity index (χ2n) is 5.26. The van der Waals surface area contributed by atoms with E-state index in [1.54, 1.807) is 12.1 Å². The van der Waals surface area contributed by atoms with Gasteiger partial charge in [-0.1, -0.05) is 45.9 Å². The van der Waals surface area contributed by atoms with Gasteiger partial charge in [0.1, 0.15) is 5.75 Å². The van der Waals surface area contributed by atoms with Crippen molar-refractivity contribution in [1.82, 2.24) is 0 Å². The van der Waals surface area contributed by atoms with E-state index in [1.807, 2.05) is 18.2 Å². The third-order valence-corrected chi connectivity index (χ3v) is 2.93. The van der Waals surface area contributed by atoms with Crippen molar-refractivity contribution >= 4 is 5.97 Å². The number of benzene rings is 1. The van der Waals surface area contributed by atoms with E-state index in [0.29, 0.717) is 18.1 Å². The minimum atomic E-state index is -0.159. The highest BCUT2D eigenvalue weighted by atomic mass is 16.5. The number of esters is 1. The van der Waals surface area contributed by atoms with Gasteiger partial charge < -0.3 is 4.74 Å². The minimum absolute atomic E-state index is 0.135. The molecule has 2 heteroatoms. The fourth-order valence-corrected chi connectivity index (χ4v) is 1.22. The number of ether oxygens (including phenoxy) is 1. The van der Waals surface area contributed by atoms with E-state index in [-0.39, 0.29) is 11.4 Å². The number of hydrogen-bond acceptors (Lipinski definition) is 2. The average molecular weight is 220 g/mol. The van der Waals surface area contributed by atoms with E-state index in [0.717, 1.165) is 0 Å². The molecule has 0 saturated heterocycles. The molecule has 0 aliphatic rings. The highest BCUT2D eigenvalue weighted by Crippen LogP contribution is 2.28. The Balaban J connectivity index is 2.49. The van der Waals surface area contributed by atoms with Crippen LogP contribution in [0.5, 0.6) is 5.75 Å². The minimum Gasteiger partial charge on any atom is -0.427 e. The molecule has 0 saturated carbocycles. The van der Waals surface area contributed by atoms with E-state index in [2.05, 4.69) is 27.7 Å². The summed E-state index contributed by atoms with van der Waals surface area (Å²) in [6.07, 6.45) is 0.457. The lowest BCUT2D eigenvalue weighted by molar-refractivity contribution is -0.136. The smallest absolute Gasteiger partial charge is 0.311 e. The van der Waals surface area contributed by atoms with Crippen LogP contribution in [0.4, 0.5) is 0 Å². The van der Waals surface area contributed by atoms with Gasteiger partial charge in [-0.2, -0.15) is 0 Å². The van der Waals surface area contributed by atoms with Crippen LogP contribution in [0.1, 0.15) is 34.1 Å². The van der Waals surface area contributed by atoms with Gasteiger partial charge in [0.25, 0.3) is 0 Å². The van der Waals surface area contributed by atoms with E-state index >= 15 is 0 Å². The maximum Gasteiger partial charge on any atom is 0.311 e. The third kappa shape index (κ3) is 4.05. The van der Waals surface area contributed by atoms with E-state index in [4.69, 9.17) is 4.74 Å². The Kier molecular flexibility index (Phi) is 4.11. The second-order valence-corrected chi connectivity index (χ2v) is 5.26. The van der Waals surface area contributed by atoms with Gasteiger partial charge in [0, 0.05) is 6.42 Å². The number of carbonyl (C=O) groups excluding carboxylic acids is 1. The van der Waals surface area contributed by atoms with Crippen molar-refractivity contribution in [3.63, 3.8) is 0 Å². The zero-order valence-corrected chi connectivity index (χ0v) is 10.5. The van der Waals surface area contributed by atoms with Crippen molar-refractivity contribution in [3.8, 4) is 5.75 Å². The molecular weight excluding hydrogens is 200 g/mol. The van der Waals surface area contributed by atoms with Crippen molar-refractivity contribution in [2.24, 2.45) is 11.3 Å². The molecule has 0 aromatic heterocycles. The van der Waals surface area contributed by atoms with Crippen molar-refractivity contribution in [1.29, 1.82) is 0 Å². The quantitative estimate of drug-likeness (QED) is 0.574. The van der Waals surface area contributed by atoms with Gasteiger partial charge in [0.05, 0.1) is 0 Å². The summed E-state index contributed by atoms with van der Waals surface area (Å²) in [5.41, 5.74) is 0.135. The maximum absolute atomic E-state index is 11.6. The molecule has 2 nitrogen and oxygen atoms in total. The van der Waals surface area contributed by atoms with Gasteiger partial charge in [0.15, 0.2) is 0 Å². The SMILES string of the molecule is CC(CC(=O)Oc1ccccc1)C(C)(C)C. The first kappa shape index (κ1) is 12.8. The van der Waals surface area contributed by atoms with Gasteiger partial charge in [-0.3, -0.25) is 4.79 Å².